The first-order valence-electron chi connectivity index (χ1n) is 5.06. The van der Waals surface area contributed by atoms with E-state index < -0.39 is 10.7 Å². The second-order valence-electron chi connectivity index (χ2n) is 3.35. The highest BCUT2D eigenvalue weighted by atomic mass is 32.2. The van der Waals surface area contributed by atoms with E-state index in [1.165, 1.54) is 13.0 Å². The highest BCUT2D eigenvalue weighted by molar-refractivity contribution is 8.13. The molecule has 1 rings (SSSR count). The number of benzene rings is 1. The van der Waals surface area contributed by atoms with Crippen molar-refractivity contribution in [2.45, 2.75) is 13.3 Å². The normalized spacial score (nSPS) is 9.44. The van der Waals surface area contributed by atoms with Gasteiger partial charge in [-0.15, -0.1) is 0 Å². The van der Waals surface area contributed by atoms with Crippen molar-refractivity contribution in [3.8, 4) is 11.8 Å². The highest BCUT2D eigenvalue weighted by Gasteiger charge is 2.08. The average Bonchev–Trinajstić information content (AvgIpc) is 2.27. The molecule has 0 aliphatic rings. The van der Waals surface area contributed by atoms with Crippen molar-refractivity contribution in [2.75, 3.05) is 5.75 Å². The van der Waals surface area contributed by atoms with Gasteiger partial charge in [0.05, 0.1) is 11.0 Å². The molecule has 0 N–H and O–H groups in total. The fourth-order valence-electron chi connectivity index (χ4n) is 1.16. The van der Waals surface area contributed by atoms with Crippen LogP contribution in [0.5, 0.6) is 0 Å². The Labute approximate surface area is 108 Å². The molecule has 0 bridgehead atoms. The smallest absolute Gasteiger partial charge is 0.273 e. The number of rotatable bonds is 3. The molecule has 0 aromatic heterocycles. The van der Waals surface area contributed by atoms with Gasteiger partial charge in [0, 0.05) is 30.7 Å². The van der Waals surface area contributed by atoms with Gasteiger partial charge in [-0.25, -0.2) is 4.39 Å². The van der Waals surface area contributed by atoms with E-state index in [1.54, 1.807) is 0 Å². The van der Waals surface area contributed by atoms with Crippen LogP contribution >= 0.6 is 11.8 Å². The molecule has 0 heterocycles. The number of nitro benzene ring substituents is 1. The van der Waals surface area contributed by atoms with E-state index in [9.17, 15) is 19.3 Å². The zero-order chi connectivity index (χ0) is 13.5. The Balaban J connectivity index is 2.70. The maximum absolute atomic E-state index is 13.0. The number of halogens is 1. The number of hydrogen-bond donors (Lipinski definition) is 0. The Morgan fingerprint density at radius 3 is 2.83 bits per heavy atom. The summed E-state index contributed by atoms with van der Waals surface area (Å²) in [5.74, 6) is 5.24. The summed E-state index contributed by atoms with van der Waals surface area (Å²) >= 11 is 1.15. The summed E-state index contributed by atoms with van der Waals surface area (Å²) in [5.41, 5.74) is -0.0630. The lowest BCUT2D eigenvalue weighted by Gasteiger charge is -1.94. The molecule has 4 nitrogen and oxygen atoms in total. The largest absolute Gasteiger partial charge is 0.288 e. The van der Waals surface area contributed by atoms with Crippen LogP contribution in [0.3, 0.4) is 0 Å². The quantitative estimate of drug-likeness (QED) is 0.365. The Hall–Kier alpha value is -1.87. The Bertz CT molecular complexity index is 534. The van der Waals surface area contributed by atoms with Crippen LogP contribution in [0, 0.1) is 27.8 Å². The van der Waals surface area contributed by atoms with E-state index in [-0.39, 0.29) is 16.4 Å². The van der Waals surface area contributed by atoms with Crippen molar-refractivity contribution in [1.29, 1.82) is 0 Å². The first-order chi connectivity index (χ1) is 8.49. The third-order valence-corrected chi connectivity index (χ3v) is 2.67. The van der Waals surface area contributed by atoms with Crippen molar-refractivity contribution in [2.24, 2.45) is 0 Å². The topological polar surface area (TPSA) is 60.2 Å². The molecule has 0 radical (unpaired) electrons. The minimum Gasteiger partial charge on any atom is -0.288 e. The molecule has 0 unspecified atom stereocenters. The molecule has 0 fully saturated rings. The summed E-state index contributed by atoms with van der Waals surface area (Å²) in [6.45, 7) is 1.47. The standard InChI is InChI=1S/C12H10FNO3S/c1-9(15)18-5-3-2-4-10-6-11(13)8-12(7-10)14(16)17/h6-8H,3,5H2,1H3. The molecular formula is C12H10FNO3S. The van der Waals surface area contributed by atoms with Crippen molar-refractivity contribution in [3.05, 3.63) is 39.7 Å². The number of thioether (sulfide) groups is 1. The maximum Gasteiger partial charge on any atom is 0.273 e. The molecule has 1 aromatic rings. The molecule has 0 aliphatic heterocycles. The zero-order valence-corrected chi connectivity index (χ0v) is 10.4. The van der Waals surface area contributed by atoms with Crippen LogP contribution < -0.4 is 0 Å². The van der Waals surface area contributed by atoms with Gasteiger partial charge < -0.3 is 0 Å². The van der Waals surface area contributed by atoms with E-state index in [1.807, 2.05) is 0 Å². The zero-order valence-electron chi connectivity index (χ0n) is 9.60. The average molecular weight is 267 g/mol. The summed E-state index contributed by atoms with van der Waals surface area (Å²) in [7, 11) is 0. The molecule has 0 spiro atoms. The van der Waals surface area contributed by atoms with Gasteiger partial charge in [-0.1, -0.05) is 23.6 Å². The number of carbonyl (C=O) groups is 1. The number of non-ortho nitro benzene ring substituents is 1. The predicted molar refractivity (Wildman–Crippen MR) is 67.7 cm³/mol. The Morgan fingerprint density at radius 2 is 2.22 bits per heavy atom. The summed E-state index contributed by atoms with van der Waals surface area (Å²) in [6, 6.07) is 3.20. The highest BCUT2D eigenvalue weighted by Crippen LogP contribution is 2.15. The molecule has 6 heteroatoms. The van der Waals surface area contributed by atoms with Gasteiger partial charge in [0.1, 0.15) is 5.82 Å². The molecular weight excluding hydrogens is 257 g/mol. The third kappa shape index (κ3) is 4.97. The van der Waals surface area contributed by atoms with Crippen LogP contribution in [0.25, 0.3) is 0 Å². The third-order valence-electron chi connectivity index (χ3n) is 1.86. The van der Waals surface area contributed by atoms with E-state index in [4.69, 9.17) is 0 Å². The molecule has 0 saturated heterocycles. The number of carbonyl (C=O) groups excluding carboxylic acids is 1. The number of hydrogen-bond acceptors (Lipinski definition) is 4. The van der Waals surface area contributed by atoms with Crippen LogP contribution in [-0.4, -0.2) is 15.8 Å². The lowest BCUT2D eigenvalue weighted by Crippen LogP contribution is -1.90. The van der Waals surface area contributed by atoms with E-state index in [2.05, 4.69) is 11.8 Å². The summed E-state index contributed by atoms with van der Waals surface area (Å²) in [4.78, 5) is 20.5. The van der Waals surface area contributed by atoms with Crippen molar-refractivity contribution in [1.82, 2.24) is 0 Å². The predicted octanol–water partition coefficient (Wildman–Crippen LogP) is 2.76. The minimum absolute atomic E-state index is 0.0122. The molecule has 18 heavy (non-hydrogen) atoms. The molecule has 0 saturated carbocycles. The van der Waals surface area contributed by atoms with Crippen LogP contribution in [-0.2, 0) is 4.79 Å². The summed E-state index contributed by atoms with van der Waals surface area (Å²) in [6.07, 6.45) is 0.467. The summed E-state index contributed by atoms with van der Waals surface area (Å²) in [5, 5.41) is 10.5. The molecule has 94 valence electrons. The van der Waals surface area contributed by atoms with E-state index >= 15 is 0 Å². The molecule has 0 aliphatic carbocycles. The van der Waals surface area contributed by atoms with Crippen LogP contribution in [0.1, 0.15) is 18.9 Å². The first kappa shape index (κ1) is 14.2. The van der Waals surface area contributed by atoms with Crippen LogP contribution in [0.15, 0.2) is 18.2 Å². The van der Waals surface area contributed by atoms with Crippen LogP contribution in [0.2, 0.25) is 0 Å². The van der Waals surface area contributed by atoms with E-state index in [0.29, 0.717) is 12.2 Å². The number of nitrogens with zero attached hydrogens (tertiary/aromatic N) is 1. The fourth-order valence-corrected chi connectivity index (χ4v) is 1.65. The van der Waals surface area contributed by atoms with Gasteiger partial charge in [0.15, 0.2) is 5.12 Å². The fraction of sp³-hybridized carbons (Fsp3) is 0.250. The minimum atomic E-state index is -0.688. The lowest BCUT2D eigenvalue weighted by molar-refractivity contribution is -0.385. The first-order valence-corrected chi connectivity index (χ1v) is 6.05. The lowest BCUT2D eigenvalue weighted by atomic mass is 10.2. The van der Waals surface area contributed by atoms with Gasteiger partial charge in [-0.2, -0.15) is 0 Å². The Morgan fingerprint density at radius 1 is 1.50 bits per heavy atom. The van der Waals surface area contributed by atoms with Crippen LogP contribution in [0.4, 0.5) is 10.1 Å². The second-order valence-corrected chi connectivity index (χ2v) is 4.62. The van der Waals surface area contributed by atoms with Crippen molar-refractivity contribution < 1.29 is 14.1 Å². The van der Waals surface area contributed by atoms with Gasteiger partial charge in [0.2, 0.25) is 0 Å². The maximum atomic E-state index is 13.0. The Kier molecular flexibility index (Phi) is 5.33. The van der Waals surface area contributed by atoms with Gasteiger partial charge in [-0.3, -0.25) is 14.9 Å². The summed E-state index contributed by atoms with van der Waals surface area (Å²) < 4.78 is 13.0. The van der Waals surface area contributed by atoms with Gasteiger partial charge in [0.25, 0.3) is 5.69 Å². The molecule has 0 amide bonds. The second kappa shape index (κ2) is 6.77. The molecule has 0 atom stereocenters. The van der Waals surface area contributed by atoms with Gasteiger partial charge >= 0.3 is 0 Å². The SMILES string of the molecule is CC(=O)SCCC#Cc1cc(F)cc([N+](=O)[O-])c1. The van der Waals surface area contributed by atoms with Gasteiger partial charge in [-0.05, 0) is 6.07 Å². The van der Waals surface area contributed by atoms with Crippen molar-refractivity contribution in [3.63, 3.8) is 0 Å². The van der Waals surface area contributed by atoms with Crippen molar-refractivity contribution >= 4 is 22.6 Å². The number of nitro groups is 1. The van der Waals surface area contributed by atoms with E-state index in [0.717, 1.165) is 23.9 Å². The monoisotopic (exact) mass is 267 g/mol. The molecule has 1 aromatic carbocycles.